The summed E-state index contributed by atoms with van der Waals surface area (Å²) in [5.41, 5.74) is 7.29. The van der Waals surface area contributed by atoms with E-state index in [1.807, 2.05) is 6.07 Å². The zero-order chi connectivity index (χ0) is 16.0. The minimum atomic E-state index is -0.175. The van der Waals surface area contributed by atoms with Gasteiger partial charge in [-0.15, -0.1) is 12.4 Å². The molecule has 1 aromatic carbocycles. The summed E-state index contributed by atoms with van der Waals surface area (Å²) in [5.74, 6) is 0.513. The molecule has 3 nitrogen and oxygen atoms in total. The molecule has 0 aliphatic heterocycles. The normalized spacial score (nSPS) is 21.3. The van der Waals surface area contributed by atoms with E-state index < -0.39 is 0 Å². The fourth-order valence-electron chi connectivity index (χ4n) is 3.32. The third kappa shape index (κ3) is 6.92. The van der Waals surface area contributed by atoms with Crippen molar-refractivity contribution in [2.24, 2.45) is 11.7 Å². The van der Waals surface area contributed by atoms with Crippen molar-refractivity contribution in [1.29, 1.82) is 0 Å². The third-order valence-electron chi connectivity index (χ3n) is 4.77. The van der Waals surface area contributed by atoms with Crippen LogP contribution in [-0.4, -0.2) is 17.5 Å². The minimum Gasteiger partial charge on any atom is -0.351 e. The van der Waals surface area contributed by atoms with Crippen molar-refractivity contribution in [3.8, 4) is 0 Å². The average molecular weight is 339 g/mol. The summed E-state index contributed by atoms with van der Waals surface area (Å²) >= 11 is 0. The predicted octanol–water partition coefficient (Wildman–Crippen LogP) is 3.84. The fraction of sp³-hybridized carbons (Fsp3) is 0.632. The number of nitrogens with two attached hydrogens (primary N) is 1. The number of hydrogen-bond donors (Lipinski definition) is 2. The van der Waals surface area contributed by atoms with Gasteiger partial charge in [-0.25, -0.2) is 0 Å². The smallest absolute Gasteiger partial charge is 0.220 e. The zero-order valence-corrected chi connectivity index (χ0v) is 15.2. The van der Waals surface area contributed by atoms with Crippen LogP contribution in [0.15, 0.2) is 30.3 Å². The van der Waals surface area contributed by atoms with Gasteiger partial charge in [-0.05, 0) is 51.0 Å². The van der Waals surface area contributed by atoms with Crippen LogP contribution in [0, 0.1) is 5.92 Å². The van der Waals surface area contributed by atoms with E-state index >= 15 is 0 Å². The largest absolute Gasteiger partial charge is 0.351 e. The van der Waals surface area contributed by atoms with Gasteiger partial charge in [0.15, 0.2) is 0 Å². The molecule has 130 valence electrons. The first-order valence-electron chi connectivity index (χ1n) is 8.57. The fourth-order valence-corrected chi connectivity index (χ4v) is 3.32. The number of amides is 1. The molecule has 23 heavy (non-hydrogen) atoms. The Balaban J connectivity index is 0.00000264. The molecule has 0 saturated heterocycles. The summed E-state index contributed by atoms with van der Waals surface area (Å²) < 4.78 is 0. The molecule has 2 atom stereocenters. The van der Waals surface area contributed by atoms with Gasteiger partial charge in [0, 0.05) is 18.0 Å². The van der Waals surface area contributed by atoms with Gasteiger partial charge in [-0.1, -0.05) is 43.2 Å². The number of carbonyl (C=O) groups is 1. The molecule has 2 unspecified atom stereocenters. The second kappa shape index (κ2) is 9.29. The molecule has 4 heteroatoms. The lowest BCUT2D eigenvalue weighted by atomic mass is 9.82. The van der Waals surface area contributed by atoms with E-state index in [0.717, 1.165) is 25.7 Å². The Morgan fingerprint density at radius 2 is 1.87 bits per heavy atom. The molecule has 1 fully saturated rings. The van der Waals surface area contributed by atoms with Crippen molar-refractivity contribution < 1.29 is 4.79 Å². The van der Waals surface area contributed by atoms with Gasteiger partial charge < -0.3 is 11.1 Å². The van der Waals surface area contributed by atoms with E-state index in [1.54, 1.807) is 0 Å². The van der Waals surface area contributed by atoms with Gasteiger partial charge in [-0.2, -0.15) is 0 Å². The van der Waals surface area contributed by atoms with E-state index in [-0.39, 0.29) is 29.9 Å². The molecule has 2 rings (SSSR count). The number of nitrogens with one attached hydrogen (secondary N) is 1. The van der Waals surface area contributed by atoms with E-state index in [4.69, 9.17) is 5.73 Å². The topological polar surface area (TPSA) is 55.1 Å². The monoisotopic (exact) mass is 338 g/mol. The summed E-state index contributed by atoms with van der Waals surface area (Å²) in [7, 11) is 0. The van der Waals surface area contributed by atoms with Gasteiger partial charge in [0.2, 0.25) is 5.91 Å². The second-order valence-electron chi connectivity index (χ2n) is 7.33. The molecule has 0 bridgehead atoms. The highest BCUT2D eigenvalue weighted by molar-refractivity contribution is 5.85. The van der Waals surface area contributed by atoms with Crippen LogP contribution in [0.25, 0.3) is 0 Å². The van der Waals surface area contributed by atoms with Crippen LogP contribution in [0.4, 0.5) is 0 Å². The standard InChI is InChI=1S/C19H30N2O.ClH/c1-19(2,13-12-15-8-4-3-5-9-15)21-18(22)14-16-10-6-7-11-17(16)20;/h3-5,8-9,16-17H,6-7,10-14,20H2,1-2H3,(H,21,22);1H. The molecule has 1 aliphatic carbocycles. The highest BCUT2D eigenvalue weighted by atomic mass is 35.5. The van der Waals surface area contributed by atoms with Gasteiger partial charge in [0.05, 0.1) is 0 Å². The summed E-state index contributed by atoms with van der Waals surface area (Å²) in [6.45, 7) is 4.21. The molecule has 3 N–H and O–H groups in total. The number of benzene rings is 1. The molecular formula is C19H31ClN2O. The lowest BCUT2D eigenvalue weighted by Crippen LogP contribution is -2.46. The number of rotatable bonds is 6. The first-order valence-corrected chi connectivity index (χ1v) is 8.57. The van der Waals surface area contributed by atoms with Gasteiger partial charge in [0.1, 0.15) is 0 Å². The van der Waals surface area contributed by atoms with Crippen LogP contribution in [0.3, 0.4) is 0 Å². The van der Waals surface area contributed by atoms with Crippen molar-refractivity contribution in [3.63, 3.8) is 0 Å². The quantitative estimate of drug-likeness (QED) is 0.827. The Morgan fingerprint density at radius 1 is 1.22 bits per heavy atom. The summed E-state index contributed by atoms with van der Waals surface area (Å²) in [4.78, 5) is 12.3. The molecule has 0 heterocycles. The maximum absolute atomic E-state index is 12.3. The van der Waals surface area contributed by atoms with Crippen LogP contribution in [0.5, 0.6) is 0 Å². The predicted molar refractivity (Wildman–Crippen MR) is 98.8 cm³/mol. The van der Waals surface area contributed by atoms with Crippen molar-refractivity contribution >= 4 is 18.3 Å². The van der Waals surface area contributed by atoms with Crippen molar-refractivity contribution in [1.82, 2.24) is 5.32 Å². The number of aryl methyl sites for hydroxylation is 1. The summed E-state index contributed by atoms with van der Waals surface area (Å²) in [6.07, 6.45) is 7.09. The second-order valence-corrected chi connectivity index (χ2v) is 7.33. The summed E-state index contributed by atoms with van der Waals surface area (Å²) in [5, 5.41) is 3.20. The van der Waals surface area contributed by atoms with E-state index in [0.29, 0.717) is 12.3 Å². The molecule has 1 aliphatic rings. The maximum Gasteiger partial charge on any atom is 0.220 e. The highest BCUT2D eigenvalue weighted by Gasteiger charge is 2.26. The number of halogens is 1. The Hall–Kier alpha value is -1.06. The van der Waals surface area contributed by atoms with Gasteiger partial charge in [-0.3, -0.25) is 4.79 Å². The van der Waals surface area contributed by atoms with Crippen LogP contribution >= 0.6 is 12.4 Å². The van der Waals surface area contributed by atoms with Gasteiger partial charge in [0.25, 0.3) is 0 Å². The minimum absolute atomic E-state index is 0. The zero-order valence-electron chi connectivity index (χ0n) is 14.4. The van der Waals surface area contributed by atoms with Crippen molar-refractivity contribution in [2.75, 3.05) is 0 Å². The Bertz CT molecular complexity index is 476. The lowest BCUT2D eigenvalue weighted by molar-refractivity contribution is -0.124. The van der Waals surface area contributed by atoms with Crippen LogP contribution in [0.1, 0.15) is 57.9 Å². The van der Waals surface area contributed by atoms with Crippen LogP contribution in [0.2, 0.25) is 0 Å². The first-order chi connectivity index (χ1) is 10.5. The summed E-state index contributed by atoms with van der Waals surface area (Å²) in [6, 6.07) is 10.6. The molecule has 0 radical (unpaired) electrons. The average Bonchev–Trinajstić information content (AvgIpc) is 2.48. The van der Waals surface area contributed by atoms with Crippen LogP contribution < -0.4 is 11.1 Å². The van der Waals surface area contributed by atoms with Crippen LogP contribution in [-0.2, 0) is 11.2 Å². The lowest BCUT2D eigenvalue weighted by Gasteiger charge is -2.31. The molecule has 1 aromatic rings. The van der Waals surface area contributed by atoms with Crippen molar-refractivity contribution in [2.45, 2.75) is 70.4 Å². The molecular weight excluding hydrogens is 308 g/mol. The Morgan fingerprint density at radius 3 is 2.52 bits per heavy atom. The highest BCUT2D eigenvalue weighted by Crippen LogP contribution is 2.26. The third-order valence-corrected chi connectivity index (χ3v) is 4.77. The van der Waals surface area contributed by atoms with E-state index in [2.05, 4.69) is 43.4 Å². The Kier molecular flexibility index (Phi) is 8.07. The van der Waals surface area contributed by atoms with E-state index in [9.17, 15) is 4.79 Å². The van der Waals surface area contributed by atoms with Gasteiger partial charge >= 0.3 is 0 Å². The first kappa shape index (κ1) is 20.0. The molecule has 0 spiro atoms. The number of hydrogen-bond acceptors (Lipinski definition) is 2. The maximum atomic E-state index is 12.3. The van der Waals surface area contributed by atoms with Crippen molar-refractivity contribution in [3.05, 3.63) is 35.9 Å². The number of carbonyl (C=O) groups excluding carboxylic acids is 1. The molecule has 1 amide bonds. The SMILES string of the molecule is CC(C)(CCc1ccccc1)NC(=O)CC1CCCCC1N.Cl. The van der Waals surface area contributed by atoms with E-state index in [1.165, 1.54) is 18.4 Å². The Labute approximate surface area is 146 Å². The molecule has 1 saturated carbocycles. The molecule has 0 aromatic heterocycles.